The fraction of sp³-hybridized carbons (Fsp3) is 0.462. The van der Waals surface area contributed by atoms with Gasteiger partial charge in [-0.1, -0.05) is 38.1 Å². The van der Waals surface area contributed by atoms with Crippen LogP contribution in [0.4, 0.5) is 8.78 Å². The monoisotopic (exact) mass is 473 g/mol. The van der Waals surface area contributed by atoms with Crippen LogP contribution in [0.3, 0.4) is 0 Å². The van der Waals surface area contributed by atoms with Crippen LogP contribution in [-0.4, -0.2) is 53.6 Å². The van der Waals surface area contributed by atoms with Crippen LogP contribution in [0.1, 0.15) is 50.3 Å². The van der Waals surface area contributed by atoms with E-state index in [1.54, 1.807) is 4.90 Å². The van der Waals surface area contributed by atoms with E-state index in [4.69, 9.17) is 0 Å². The van der Waals surface area contributed by atoms with Crippen molar-refractivity contribution in [2.24, 2.45) is 0 Å². The number of nitrogens with one attached hydrogen (secondary N) is 2. The van der Waals surface area contributed by atoms with E-state index in [0.717, 1.165) is 11.6 Å². The van der Waals surface area contributed by atoms with E-state index in [-0.39, 0.29) is 24.8 Å². The summed E-state index contributed by atoms with van der Waals surface area (Å²) in [7, 11) is 0. The van der Waals surface area contributed by atoms with E-state index in [2.05, 4.69) is 36.6 Å². The largest absolute Gasteiger partial charge is 0.390 e. The quantitative estimate of drug-likeness (QED) is 0.523. The Hall–Kier alpha value is -2.84. The fourth-order valence-corrected chi connectivity index (χ4v) is 4.39. The van der Waals surface area contributed by atoms with Crippen molar-refractivity contribution in [2.75, 3.05) is 19.6 Å². The van der Waals surface area contributed by atoms with Crippen molar-refractivity contribution < 1.29 is 23.5 Å². The molecule has 0 aliphatic carbocycles. The normalized spacial score (nSPS) is 16.6. The number of aliphatic hydroxyl groups excluding tert-OH is 1. The highest BCUT2D eigenvalue weighted by molar-refractivity contribution is 5.75. The molecule has 3 N–H and O–H groups in total. The van der Waals surface area contributed by atoms with Gasteiger partial charge in [-0.25, -0.2) is 8.78 Å². The maximum absolute atomic E-state index is 13.6. The highest BCUT2D eigenvalue weighted by Crippen LogP contribution is 2.33. The van der Waals surface area contributed by atoms with Gasteiger partial charge in [0.2, 0.25) is 11.8 Å². The van der Waals surface area contributed by atoms with E-state index in [9.17, 15) is 23.5 Å². The number of amides is 2. The third kappa shape index (κ3) is 6.18. The molecule has 1 heterocycles. The summed E-state index contributed by atoms with van der Waals surface area (Å²) in [6.45, 7) is 8.09. The number of likely N-dealkylation sites (tertiary alicyclic amines) is 1. The number of benzene rings is 2. The van der Waals surface area contributed by atoms with Gasteiger partial charge in [0.25, 0.3) is 0 Å². The van der Waals surface area contributed by atoms with Gasteiger partial charge < -0.3 is 20.6 Å². The molecule has 1 aliphatic rings. The van der Waals surface area contributed by atoms with Crippen LogP contribution in [0.2, 0.25) is 0 Å². The van der Waals surface area contributed by atoms with Crippen molar-refractivity contribution in [1.82, 2.24) is 15.5 Å². The maximum atomic E-state index is 13.6. The molecule has 1 aliphatic heterocycles. The molecule has 0 unspecified atom stereocenters. The molecule has 34 heavy (non-hydrogen) atoms. The molecule has 0 spiro atoms. The first-order chi connectivity index (χ1) is 16.0. The molecular weight excluding hydrogens is 440 g/mol. The molecule has 1 saturated heterocycles. The Morgan fingerprint density at radius 3 is 2.29 bits per heavy atom. The van der Waals surface area contributed by atoms with Gasteiger partial charge in [0.15, 0.2) is 0 Å². The number of rotatable bonds is 9. The molecule has 2 atom stereocenters. The zero-order chi connectivity index (χ0) is 25.0. The molecule has 0 bridgehead atoms. The first-order valence-electron chi connectivity index (χ1n) is 11.5. The molecule has 2 aromatic rings. The molecule has 0 radical (unpaired) electrons. The van der Waals surface area contributed by atoms with Crippen LogP contribution in [0, 0.1) is 11.6 Å². The summed E-state index contributed by atoms with van der Waals surface area (Å²) < 4.78 is 27.3. The lowest BCUT2D eigenvalue weighted by molar-refractivity contribution is -0.138. The number of hydrogen-bond acceptors (Lipinski definition) is 4. The molecule has 2 amide bonds. The predicted molar refractivity (Wildman–Crippen MR) is 126 cm³/mol. The minimum absolute atomic E-state index is 0.0257. The predicted octanol–water partition coefficient (Wildman–Crippen LogP) is 2.84. The highest BCUT2D eigenvalue weighted by atomic mass is 19.1. The van der Waals surface area contributed by atoms with Crippen LogP contribution >= 0.6 is 0 Å². The summed E-state index contributed by atoms with van der Waals surface area (Å²) in [5.74, 6) is -1.48. The topological polar surface area (TPSA) is 81.7 Å². The SMILES string of the molecule is CC(=O)N[C@@H](Cc1cc(F)cc(F)c1)[C@H](O)CNC1(c2cccc(C(C)C)c2)CN(C(C)=O)C1. The molecule has 1 fully saturated rings. The van der Waals surface area contributed by atoms with E-state index >= 15 is 0 Å². The summed E-state index contributed by atoms with van der Waals surface area (Å²) in [6, 6.07) is 10.6. The molecule has 6 nitrogen and oxygen atoms in total. The zero-order valence-electron chi connectivity index (χ0n) is 20.1. The molecule has 3 rings (SSSR count). The van der Waals surface area contributed by atoms with E-state index in [1.165, 1.54) is 31.5 Å². The second kappa shape index (κ2) is 10.6. The second-order valence-electron chi connectivity index (χ2n) is 9.47. The Labute approximate surface area is 199 Å². The number of hydrogen-bond donors (Lipinski definition) is 3. The van der Waals surface area contributed by atoms with Gasteiger partial charge in [-0.05, 0) is 41.2 Å². The summed E-state index contributed by atoms with van der Waals surface area (Å²) in [6.07, 6.45) is -0.973. The van der Waals surface area contributed by atoms with Crippen LogP contribution in [0.5, 0.6) is 0 Å². The van der Waals surface area contributed by atoms with Crippen molar-refractivity contribution in [3.8, 4) is 0 Å². The zero-order valence-corrected chi connectivity index (χ0v) is 20.1. The lowest BCUT2D eigenvalue weighted by Crippen LogP contribution is -2.69. The van der Waals surface area contributed by atoms with Crippen LogP contribution in [0.25, 0.3) is 0 Å². The Morgan fingerprint density at radius 2 is 1.74 bits per heavy atom. The van der Waals surface area contributed by atoms with Gasteiger partial charge in [0.1, 0.15) is 11.6 Å². The summed E-state index contributed by atoms with van der Waals surface area (Å²) in [4.78, 5) is 25.4. The van der Waals surface area contributed by atoms with Crippen LogP contribution in [-0.2, 0) is 21.5 Å². The molecule has 2 aromatic carbocycles. The minimum atomic E-state index is -1.04. The van der Waals surface area contributed by atoms with Crippen molar-refractivity contribution in [3.63, 3.8) is 0 Å². The molecule has 0 saturated carbocycles. The lowest BCUT2D eigenvalue weighted by atomic mass is 9.80. The standard InChI is InChI=1S/C26H33F2N3O3/c1-16(2)20-6-5-7-21(11-20)26(14-31(15-26)18(4)33)29-13-25(34)24(30-17(3)32)10-19-8-22(27)12-23(28)9-19/h5-9,11-12,16,24-25,29,34H,10,13-15H2,1-4H3,(H,30,32)/t24-,25+/m0/s1. The number of nitrogens with zero attached hydrogens (tertiary/aromatic N) is 1. The highest BCUT2D eigenvalue weighted by Gasteiger charge is 2.46. The Balaban J connectivity index is 1.79. The van der Waals surface area contributed by atoms with Gasteiger partial charge >= 0.3 is 0 Å². The Morgan fingerprint density at radius 1 is 1.09 bits per heavy atom. The summed E-state index contributed by atoms with van der Waals surface area (Å²) >= 11 is 0. The van der Waals surface area contributed by atoms with Crippen molar-refractivity contribution >= 4 is 11.8 Å². The minimum Gasteiger partial charge on any atom is -0.390 e. The lowest BCUT2D eigenvalue weighted by Gasteiger charge is -2.51. The van der Waals surface area contributed by atoms with Crippen LogP contribution < -0.4 is 10.6 Å². The van der Waals surface area contributed by atoms with Gasteiger partial charge in [-0.2, -0.15) is 0 Å². The Kier molecular flexibility index (Phi) is 8.05. The number of aliphatic hydroxyl groups is 1. The second-order valence-corrected chi connectivity index (χ2v) is 9.47. The van der Waals surface area contributed by atoms with E-state index in [0.29, 0.717) is 24.6 Å². The van der Waals surface area contributed by atoms with Gasteiger partial charge in [-0.3, -0.25) is 9.59 Å². The fourth-order valence-electron chi connectivity index (χ4n) is 4.39. The summed E-state index contributed by atoms with van der Waals surface area (Å²) in [5, 5.41) is 17.1. The van der Waals surface area contributed by atoms with Gasteiger partial charge in [-0.15, -0.1) is 0 Å². The first kappa shape index (κ1) is 25.8. The molecule has 8 heteroatoms. The maximum Gasteiger partial charge on any atom is 0.219 e. The summed E-state index contributed by atoms with van der Waals surface area (Å²) in [5.41, 5.74) is 1.99. The molecule has 0 aromatic heterocycles. The van der Waals surface area contributed by atoms with Crippen molar-refractivity contribution in [2.45, 2.75) is 57.7 Å². The third-order valence-electron chi connectivity index (χ3n) is 6.35. The number of halogens is 2. The number of carbonyl (C=O) groups is 2. The van der Waals surface area contributed by atoms with Gasteiger partial charge in [0.05, 0.1) is 17.7 Å². The average molecular weight is 474 g/mol. The third-order valence-corrected chi connectivity index (χ3v) is 6.35. The van der Waals surface area contributed by atoms with Crippen LogP contribution in [0.15, 0.2) is 42.5 Å². The molecular formula is C26H33F2N3O3. The van der Waals surface area contributed by atoms with E-state index in [1.807, 2.05) is 12.1 Å². The number of carbonyl (C=O) groups excluding carboxylic acids is 2. The smallest absolute Gasteiger partial charge is 0.219 e. The Bertz CT molecular complexity index is 1020. The molecule has 184 valence electrons. The van der Waals surface area contributed by atoms with Crippen molar-refractivity contribution in [1.29, 1.82) is 0 Å². The van der Waals surface area contributed by atoms with E-state index < -0.39 is 29.3 Å². The first-order valence-corrected chi connectivity index (χ1v) is 11.5. The average Bonchev–Trinajstić information content (AvgIpc) is 2.71. The van der Waals surface area contributed by atoms with Crippen molar-refractivity contribution in [3.05, 3.63) is 70.8 Å². The van der Waals surface area contributed by atoms with Gasteiger partial charge in [0, 0.05) is 39.5 Å².